The molecule has 0 spiro atoms. The second-order valence-corrected chi connectivity index (χ2v) is 7.89. The van der Waals surface area contributed by atoms with Crippen LogP contribution in [0.5, 0.6) is 0 Å². The molecule has 7 heteroatoms. The molecule has 1 amide bonds. The molecular weight excluding hydrogens is 358 g/mol. The van der Waals surface area contributed by atoms with Crippen LogP contribution in [0.25, 0.3) is 5.69 Å². The van der Waals surface area contributed by atoms with Gasteiger partial charge in [-0.05, 0) is 54.8 Å². The number of carbonyl (C=O) groups is 1. The molecular formula is C20H23N5OS. The van der Waals surface area contributed by atoms with Crippen molar-refractivity contribution >= 4 is 17.7 Å². The number of nitrogens with one attached hydrogen (secondary N) is 1. The third-order valence-electron chi connectivity index (χ3n) is 4.33. The first-order valence-corrected chi connectivity index (χ1v) is 9.68. The monoisotopic (exact) mass is 381 g/mol. The smallest absolute Gasteiger partial charge is 0.233 e. The molecule has 1 aromatic heterocycles. The van der Waals surface area contributed by atoms with Crippen LogP contribution in [0, 0.1) is 20.8 Å². The van der Waals surface area contributed by atoms with E-state index in [1.54, 1.807) is 4.68 Å². The van der Waals surface area contributed by atoms with E-state index in [9.17, 15) is 4.79 Å². The molecule has 0 aliphatic carbocycles. The lowest BCUT2D eigenvalue weighted by Gasteiger charge is -2.14. The second kappa shape index (κ2) is 8.35. The Kier molecular flexibility index (Phi) is 5.91. The SMILES string of the molecule is Cc1ccc(CNC(=O)C(C)Sc2nnnn2-c2c(C)cccc2C)cc1. The Morgan fingerprint density at radius 3 is 2.44 bits per heavy atom. The van der Waals surface area contributed by atoms with Crippen LogP contribution >= 0.6 is 11.8 Å². The largest absolute Gasteiger partial charge is 0.351 e. The minimum Gasteiger partial charge on any atom is -0.351 e. The number of rotatable bonds is 6. The number of nitrogens with zero attached hydrogens (tertiary/aromatic N) is 4. The van der Waals surface area contributed by atoms with Crippen LogP contribution in [0.15, 0.2) is 47.6 Å². The predicted octanol–water partition coefficient (Wildman–Crippen LogP) is 3.38. The molecule has 2 aromatic carbocycles. The average Bonchev–Trinajstić information content (AvgIpc) is 3.08. The Labute approximate surface area is 163 Å². The normalized spacial score (nSPS) is 12.0. The molecule has 1 N–H and O–H groups in total. The van der Waals surface area contributed by atoms with Gasteiger partial charge < -0.3 is 5.32 Å². The Bertz CT molecular complexity index is 916. The zero-order valence-corrected chi connectivity index (χ0v) is 16.7. The van der Waals surface area contributed by atoms with Gasteiger partial charge in [0.2, 0.25) is 11.1 Å². The van der Waals surface area contributed by atoms with Crippen molar-refractivity contribution in [2.24, 2.45) is 0 Å². The lowest BCUT2D eigenvalue weighted by molar-refractivity contribution is -0.120. The van der Waals surface area contributed by atoms with Crippen molar-refractivity contribution in [1.29, 1.82) is 0 Å². The second-order valence-electron chi connectivity index (χ2n) is 6.58. The summed E-state index contributed by atoms with van der Waals surface area (Å²) in [6, 6.07) is 14.2. The molecule has 0 fully saturated rings. The van der Waals surface area contributed by atoms with Crippen LogP contribution in [-0.4, -0.2) is 31.4 Å². The first kappa shape index (κ1) is 19.1. The van der Waals surface area contributed by atoms with Gasteiger partial charge in [-0.25, -0.2) is 0 Å². The van der Waals surface area contributed by atoms with Crippen molar-refractivity contribution in [3.63, 3.8) is 0 Å². The molecule has 3 aromatic rings. The summed E-state index contributed by atoms with van der Waals surface area (Å²) in [7, 11) is 0. The van der Waals surface area contributed by atoms with E-state index >= 15 is 0 Å². The fraction of sp³-hybridized carbons (Fsp3) is 0.300. The van der Waals surface area contributed by atoms with Gasteiger partial charge in [0, 0.05) is 6.54 Å². The van der Waals surface area contributed by atoms with Crippen molar-refractivity contribution in [1.82, 2.24) is 25.5 Å². The Balaban J connectivity index is 1.68. The fourth-order valence-corrected chi connectivity index (χ4v) is 3.60. The van der Waals surface area contributed by atoms with E-state index in [2.05, 4.69) is 20.8 Å². The maximum absolute atomic E-state index is 12.5. The summed E-state index contributed by atoms with van der Waals surface area (Å²) < 4.78 is 1.71. The summed E-state index contributed by atoms with van der Waals surface area (Å²) >= 11 is 1.35. The molecule has 1 atom stereocenters. The van der Waals surface area contributed by atoms with Crippen molar-refractivity contribution in [2.45, 2.75) is 44.6 Å². The zero-order valence-electron chi connectivity index (χ0n) is 15.9. The minimum atomic E-state index is -0.315. The summed E-state index contributed by atoms with van der Waals surface area (Å²) in [5, 5.41) is 15.3. The number of amides is 1. The van der Waals surface area contributed by atoms with E-state index < -0.39 is 0 Å². The number of aromatic nitrogens is 4. The van der Waals surface area contributed by atoms with E-state index in [0.717, 1.165) is 22.4 Å². The molecule has 0 radical (unpaired) electrons. The van der Waals surface area contributed by atoms with Crippen LogP contribution in [0.1, 0.15) is 29.2 Å². The van der Waals surface area contributed by atoms with Crippen molar-refractivity contribution < 1.29 is 4.79 Å². The molecule has 1 heterocycles. The topological polar surface area (TPSA) is 72.7 Å². The molecule has 6 nitrogen and oxygen atoms in total. The molecule has 0 aliphatic heterocycles. The lowest BCUT2D eigenvalue weighted by Crippen LogP contribution is -2.30. The minimum absolute atomic E-state index is 0.0448. The van der Waals surface area contributed by atoms with Gasteiger partial charge in [-0.2, -0.15) is 4.68 Å². The third-order valence-corrected chi connectivity index (χ3v) is 5.36. The lowest BCUT2D eigenvalue weighted by atomic mass is 10.1. The Morgan fingerprint density at radius 1 is 1.11 bits per heavy atom. The van der Waals surface area contributed by atoms with Gasteiger partial charge in [-0.15, -0.1) is 5.10 Å². The number of thioether (sulfide) groups is 1. The highest BCUT2D eigenvalue weighted by Crippen LogP contribution is 2.26. The molecule has 0 saturated carbocycles. The van der Waals surface area contributed by atoms with Crippen molar-refractivity contribution in [3.05, 3.63) is 64.7 Å². The third kappa shape index (κ3) is 4.54. The maximum Gasteiger partial charge on any atom is 0.233 e. The van der Waals surface area contributed by atoms with Gasteiger partial charge in [0.15, 0.2) is 0 Å². The molecule has 140 valence electrons. The number of aryl methyl sites for hydroxylation is 3. The predicted molar refractivity (Wildman–Crippen MR) is 107 cm³/mol. The number of tetrazole rings is 1. The Hall–Kier alpha value is -2.67. The first-order chi connectivity index (χ1) is 13.0. The maximum atomic E-state index is 12.5. The summed E-state index contributed by atoms with van der Waals surface area (Å²) in [5.41, 5.74) is 5.40. The molecule has 0 saturated heterocycles. The van der Waals surface area contributed by atoms with E-state index in [4.69, 9.17) is 0 Å². The van der Waals surface area contributed by atoms with Gasteiger partial charge in [-0.3, -0.25) is 4.79 Å². The fourth-order valence-electron chi connectivity index (χ4n) is 2.78. The van der Waals surface area contributed by atoms with Gasteiger partial charge in [0.25, 0.3) is 0 Å². The highest BCUT2D eigenvalue weighted by Gasteiger charge is 2.20. The van der Waals surface area contributed by atoms with Crippen LogP contribution in [0.4, 0.5) is 0 Å². The summed E-state index contributed by atoms with van der Waals surface area (Å²) in [4.78, 5) is 12.5. The zero-order chi connectivity index (χ0) is 19.4. The van der Waals surface area contributed by atoms with Gasteiger partial charge in [0.05, 0.1) is 10.9 Å². The highest BCUT2D eigenvalue weighted by atomic mass is 32.2. The summed E-state index contributed by atoms with van der Waals surface area (Å²) in [6.07, 6.45) is 0. The van der Waals surface area contributed by atoms with Crippen molar-refractivity contribution in [2.75, 3.05) is 0 Å². The molecule has 27 heavy (non-hydrogen) atoms. The van der Waals surface area contributed by atoms with E-state index in [1.165, 1.54) is 17.3 Å². The van der Waals surface area contributed by atoms with Gasteiger partial charge in [0.1, 0.15) is 0 Å². The quantitative estimate of drug-likeness (QED) is 0.663. The standard InChI is InChI=1S/C20H23N5OS/c1-13-8-10-17(11-9-13)12-21-19(26)16(4)27-20-22-23-24-25(20)18-14(2)6-5-7-15(18)3/h5-11,16H,12H2,1-4H3,(H,21,26). The van der Waals surface area contributed by atoms with Gasteiger partial charge in [-0.1, -0.05) is 59.8 Å². The average molecular weight is 382 g/mol. The molecule has 3 rings (SSSR count). The van der Waals surface area contributed by atoms with Crippen LogP contribution in [-0.2, 0) is 11.3 Å². The first-order valence-electron chi connectivity index (χ1n) is 8.80. The summed E-state index contributed by atoms with van der Waals surface area (Å²) in [6.45, 7) is 8.46. The van der Waals surface area contributed by atoms with Gasteiger partial charge >= 0.3 is 0 Å². The number of para-hydroxylation sites is 1. The van der Waals surface area contributed by atoms with Crippen molar-refractivity contribution in [3.8, 4) is 5.69 Å². The number of hydrogen-bond donors (Lipinski definition) is 1. The van der Waals surface area contributed by atoms with Crippen LogP contribution in [0.3, 0.4) is 0 Å². The van der Waals surface area contributed by atoms with Crippen LogP contribution < -0.4 is 5.32 Å². The van der Waals surface area contributed by atoms with Crippen LogP contribution in [0.2, 0.25) is 0 Å². The Morgan fingerprint density at radius 2 is 1.78 bits per heavy atom. The van der Waals surface area contributed by atoms with E-state index in [-0.39, 0.29) is 11.2 Å². The highest BCUT2D eigenvalue weighted by molar-refractivity contribution is 8.00. The molecule has 1 unspecified atom stereocenters. The number of carbonyl (C=O) groups excluding carboxylic acids is 1. The van der Waals surface area contributed by atoms with E-state index in [0.29, 0.717) is 11.7 Å². The number of hydrogen-bond acceptors (Lipinski definition) is 5. The van der Waals surface area contributed by atoms with E-state index in [1.807, 2.05) is 70.2 Å². The molecule has 0 bridgehead atoms. The summed E-state index contributed by atoms with van der Waals surface area (Å²) in [5.74, 6) is -0.0448. The number of benzene rings is 2. The molecule has 0 aliphatic rings.